The number of anilines is 2. The molecule has 0 radical (unpaired) electrons. The van der Waals surface area contributed by atoms with Crippen LogP contribution in [-0.4, -0.2) is 30.3 Å². The lowest BCUT2D eigenvalue weighted by atomic mass is 9.76. The van der Waals surface area contributed by atoms with E-state index < -0.39 is 18.5 Å². The van der Waals surface area contributed by atoms with Crippen molar-refractivity contribution in [2.75, 3.05) is 16.8 Å². The smallest absolute Gasteiger partial charge is 0.338 e. The molecular formula is C25H25ClN2O5. The molecule has 4 rings (SSSR count). The summed E-state index contributed by atoms with van der Waals surface area (Å²) < 4.78 is 5.14. The van der Waals surface area contributed by atoms with Crippen molar-refractivity contribution in [2.24, 2.45) is 17.8 Å². The number of carbonyl (C=O) groups is 4. The number of ether oxygens (including phenoxy) is 1. The number of nitrogens with one attached hydrogen (secondary N) is 1. The molecule has 1 aliphatic heterocycles. The van der Waals surface area contributed by atoms with Gasteiger partial charge in [-0.25, -0.2) is 4.79 Å². The summed E-state index contributed by atoms with van der Waals surface area (Å²) >= 11 is 5.96. The van der Waals surface area contributed by atoms with Crippen LogP contribution in [0.25, 0.3) is 0 Å². The summed E-state index contributed by atoms with van der Waals surface area (Å²) in [5.41, 5.74) is 1.86. The lowest BCUT2D eigenvalue weighted by Crippen LogP contribution is -2.31. The third-order valence-electron chi connectivity index (χ3n) is 6.34. The maximum Gasteiger partial charge on any atom is 0.338 e. The molecule has 0 bridgehead atoms. The van der Waals surface area contributed by atoms with Crippen LogP contribution in [0.5, 0.6) is 0 Å². The molecule has 3 amide bonds. The number of esters is 1. The van der Waals surface area contributed by atoms with Gasteiger partial charge in [0.2, 0.25) is 11.8 Å². The Morgan fingerprint density at radius 1 is 1.09 bits per heavy atom. The van der Waals surface area contributed by atoms with E-state index in [2.05, 4.69) is 12.2 Å². The quantitative estimate of drug-likeness (QED) is 0.519. The first kappa shape index (κ1) is 23.0. The molecule has 1 heterocycles. The highest BCUT2D eigenvalue weighted by Gasteiger charge is 2.50. The van der Waals surface area contributed by atoms with Crippen molar-refractivity contribution in [3.8, 4) is 0 Å². The lowest BCUT2D eigenvalue weighted by molar-refractivity contribution is -0.122. The van der Waals surface area contributed by atoms with Gasteiger partial charge in [0.15, 0.2) is 6.61 Å². The molecule has 1 N–H and O–H groups in total. The summed E-state index contributed by atoms with van der Waals surface area (Å²) in [6.45, 7) is 3.43. The average molecular weight is 469 g/mol. The zero-order valence-electron chi connectivity index (χ0n) is 18.5. The minimum Gasteiger partial charge on any atom is -0.452 e. The van der Waals surface area contributed by atoms with Crippen LogP contribution in [-0.2, 0) is 19.1 Å². The predicted octanol–water partition coefficient (Wildman–Crippen LogP) is 4.37. The Morgan fingerprint density at radius 2 is 1.85 bits per heavy atom. The Kier molecular flexibility index (Phi) is 6.51. The lowest BCUT2D eigenvalue weighted by Gasteiger charge is -2.25. The zero-order valence-corrected chi connectivity index (χ0v) is 19.2. The van der Waals surface area contributed by atoms with E-state index in [0.717, 1.165) is 12.0 Å². The highest BCUT2D eigenvalue weighted by Crippen LogP contribution is 2.42. The molecule has 2 aromatic carbocycles. The van der Waals surface area contributed by atoms with Crippen molar-refractivity contribution in [3.63, 3.8) is 0 Å². The number of fused-ring (bicyclic) bond motifs is 1. The van der Waals surface area contributed by atoms with Gasteiger partial charge in [-0.2, -0.15) is 0 Å². The van der Waals surface area contributed by atoms with Crippen molar-refractivity contribution >= 4 is 46.7 Å². The summed E-state index contributed by atoms with van der Waals surface area (Å²) in [6.07, 6.45) is 2.34. The number of aryl methyl sites for hydroxylation is 1. The van der Waals surface area contributed by atoms with Crippen LogP contribution in [0.3, 0.4) is 0 Å². The van der Waals surface area contributed by atoms with Gasteiger partial charge in [-0.05, 0) is 68.0 Å². The van der Waals surface area contributed by atoms with Crippen LogP contribution in [0.4, 0.5) is 11.4 Å². The second-order valence-corrected chi connectivity index (χ2v) is 9.21. The standard InChI is InChI=1S/C25H25ClN2O5/c1-14-6-9-19-20(10-14)24(31)28(23(19)30)18-5-3-4-16(11-18)25(32)33-13-22(29)27-21-12-17(26)8-7-15(21)2/h3-5,7-8,11-12,14,19-20H,6,9-10,13H2,1-2H3,(H,27,29)/t14-,19-,20+/m1/s1. The molecule has 7 nitrogen and oxygen atoms in total. The Morgan fingerprint density at radius 3 is 2.64 bits per heavy atom. The van der Waals surface area contributed by atoms with E-state index in [1.165, 1.54) is 17.0 Å². The second kappa shape index (κ2) is 9.35. The summed E-state index contributed by atoms with van der Waals surface area (Å²) in [4.78, 5) is 51.8. The van der Waals surface area contributed by atoms with Gasteiger partial charge in [-0.1, -0.05) is 30.7 Å². The molecular weight excluding hydrogens is 444 g/mol. The van der Waals surface area contributed by atoms with E-state index in [0.29, 0.717) is 35.2 Å². The maximum atomic E-state index is 12.9. The maximum absolute atomic E-state index is 12.9. The number of nitrogens with zero attached hydrogens (tertiary/aromatic N) is 1. The van der Waals surface area contributed by atoms with E-state index in [1.54, 1.807) is 30.3 Å². The third-order valence-corrected chi connectivity index (χ3v) is 6.57. The highest BCUT2D eigenvalue weighted by atomic mass is 35.5. The van der Waals surface area contributed by atoms with E-state index in [1.807, 2.05) is 6.92 Å². The zero-order chi connectivity index (χ0) is 23.7. The van der Waals surface area contributed by atoms with Gasteiger partial charge < -0.3 is 10.1 Å². The first-order chi connectivity index (χ1) is 15.7. The molecule has 33 heavy (non-hydrogen) atoms. The molecule has 2 aromatic rings. The van der Waals surface area contributed by atoms with E-state index >= 15 is 0 Å². The summed E-state index contributed by atoms with van der Waals surface area (Å²) in [5, 5.41) is 3.14. The summed E-state index contributed by atoms with van der Waals surface area (Å²) in [5.74, 6) is -1.82. The largest absolute Gasteiger partial charge is 0.452 e. The van der Waals surface area contributed by atoms with Crippen LogP contribution < -0.4 is 10.2 Å². The third kappa shape index (κ3) is 4.78. The molecule has 2 aliphatic rings. The number of rotatable bonds is 5. The Balaban J connectivity index is 1.42. The van der Waals surface area contributed by atoms with E-state index in [4.69, 9.17) is 16.3 Å². The van der Waals surface area contributed by atoms with Crippen molar-refractivity contribution < 1.29 is 23.9 Å². The van der Waals surface area contributed by atoms with E-state index in [-0.39, 0.29) is 29.2 Å². The van der Waals surface area contributed by atoms with Crippen LogP contribution in [0.1, 0.15) is 42.1 Å². The SMILES string of the molecule is Cc1ccc(Cl)cc1NC(=O)COC(=O)c1cccc(N2C(=O)[C@H]3C[C@H](C)CC[C@H]3C2=O)c1. The van der Waals surface area contributed by atoms with Crippen molar-refractivity contribution in [3.05, 3.63) is 58.6 Å². The Bertz CT molecular complexity index is 1130. The second-order valence-electron chi connectivity index (χ2n) is 8.78. The predicted molar refractivity (Wildman–Crippen MR) is 124 cm³/mol. The van der Waals surface area contributed by atoms with E-state index in [9.17, 15) is 19.2 Å². The number of imide groups is 1. The minimum atomic E-state index is -0.722. The van der Waals surface area contributed by atoms with Gasteiger partial charge >= 0.3 is 5.97 Å². The van der Waals surface area contributed by atoms with Gasteiger partial charge in [-0.3, -0.25) is 19.3 Å². The van der Waals surface area contributed by atoms with Crippen molar-refractivity contribution in [2.45, 2.75) is 33.1 Å². The van der Waals surface area contributed by atoms with Crippen molar-refractivity contribution in [1.29, 1.82) is 0 Å². The molecule has 3 atom stereocenters. The molecule has 2 fully saturated rings. The number of carbonyl (C=O) groups excluding carboxylic acids is 4. The first-order valence-electron chi connectivity index (χ1n) is 11.0. The van der Waals surface area contributed by atoms with Crippen molar-refractivity contribution in [1.82, 2.24) is 0 Å². The number of amides is 3. The molecule has 172 valence electrons. The van der Waals surface area contributed by atoms with Crippen LogP contribution in [0, 0.1) is 24.7 Å². The molecule has 0 aromatic heterocycles. The van der Waals surface area contributed by atoms with Gasteiger partial charge in [0.05, 0.1) is 23.1 Å². The Hall–Kier alpha value is -3.19. The first-order valence-corrected chi connectivity index (χ1v) is 11.3. The summed E-state index contributed by atoms with van der Waals surface area (Å²) in [6, 6.07) is 11.3. The molecule has 1 saturated carbocycles. The molecule has 0 unspecified atom stereocenters. The molecule has 0 spiro atoms. The number of halogens is 1. The van der Waals surface area contributed by atoms with Crippen LogP contribution >= 0.6 is 11.6 Å². The van der Waals surface area contributed by atoms with Gasteiger partial charge in [0.1, 0.15) is 0 Å². The average Bonchev–Trinajstić information content (AvgIpc) is 3.04. The number of hydrogen-bond acceptors (Lipinski definition) is 5. The molecule has 8 heteroatoms. The molecule has 1 saturated heterocycles. The summed E-state index contributed by atoms with van der Waals surface area (Å²) in [7, 11) is 0. The fourth-order valence-electron chi connectivity index (χ4n) is 4.55. The van der Waals surface area contributed by atoms with Gasteiger partial charge in [0, 0.05) is 10.7 Å². The monoisotopic (exact) mass is 468 g/mol. The Labute approximate surface area is 197 Å². The fraction of sp³-hybridized carbons (Fsp3) is 0.360. The van der Waals surface area contributed by atoms with Gasteiger partial charge in [0.25, 0.3) is 5.91 Å². The topological polar surface area (TPSA) is 92.8 Å². The molecule has 1 aliphatic carbocycles. The number of benzene rings is 2. The van der Waals surface area contributed by atoms with Crippen LogP contribution in [0.2, 0.25) is 5.02 Å². The van der Waals surface area contributed by atoms with Gasteiger partial charge in [-0.15, -0.1) is 0 Å². The normalized spacial score (nSPS) is 22.2. The number of hydrogen-bond donors (Lipinski definition) is 1. The highest BCUT2D eigenvalue weighted by molar-refractivity contribution is 6.31. The van der Waals surface area contributed by atoms with Crippen LogP contribution in [0.15, 0.2) is 42.5 Å². The minimum absolute atomic E-state index is 0.156. The fourth-order valence-corrected chi connectivity index (χ4v) is 4.72.